The van der Waals surface area contributed by atoms with E-state index < -0.39 is 0 Å². The first-order valence-corrected chi connectivity index (χ1v) is 5.48. The third-order valence-corrected chi connectivity index (χ3v) is 3.22. The Hall–Kier alpha value is -0.570. The topological polar surface area (TPSA) is 32.3 Å². The van der Waals surface area contributed by atoms with E-state index in [1.165, 1.54) is 0 Å². The van der Waals surface area contributed by atoms with Crippen LogP contribution in [-0.4, -0.2) is 38.0 Å². The number of amides is 1. The summed E-state index contributed by atoms with van der Waals surface area (Å²) in [4.78, 5) is 13.3. The van der Waals surface area contributed by atoms with Gasteiger partial charge in [0.15, 0.2) is 0 Å². The van der Waals surface area contributed by atoms with E-state index in [4.69, 9.17) is 0 Å². The van der Waals surface area contributed by atoms with Crippen molar-refractivity contribution in [2.24, 2.45) is 10.8 Å². The number of hydrogen-bond acceptors (Lipinski definition) is 2. The molecule has 90 valence electrons. The zero-order valence-electron chi connectivity index (χ0n) is 11.3. The van der Waals surface area contributed by atoms with Crippen molar-refractivity contribution in [2.45, 2.75) is 34.6 Å². The second-order valence-corrected chi connectivity index (χ2v) is 6.15. The predicted molar refractivity (Wildman–Crippen MR) is 64.8 cm³/mol. The summed E-state index contributed by atoms with van der Waals surface area (Å²) in [5.74, 6) is 0.0947. The molecule has 15 heavy (non-hydrogen) atoms. The molecule has 0 spiro atoms. The molecule has 3 nitrogen and oxygen atoms in total. The maximum Gasteiger partial charge on any atom is 0.234 e. The molecule has 0 atom stereocenters. The summed E-state index contributed by atoms with van der Waals surface area (Å²) in [6.07, 6.45) is 0. The third kappa shape index (κ3) is 5.17. The van der Waals surface area contributed by atoms with Crippen LogP contribution in [0.2, 0.25) is 0 Å². The van der Waals surface area contributed by atoms with Crippen molar-refractivity contribution < 1.29 is 4.79 Å². The third-order valence-electron chi connectivity index (χ3n) is 3.22. The van der Waals surface area contributed by atoms with E-state index in [0.717, 1.165) is 6.54 Å². The van der Waals surface area contributed by atoms with Gasteiger partial charge in [-0.15, -0.1) is 0 Å². The lowest BCUT2D eigenvalue weighted by Crippen LogP contribution is -2.44. The minimum Gasteiger partial charge on any atom is -0.354 e. The number of nitrogens with one attached hydrogen (secondary N) is 1. The summed E-state index contributed by atoms with van der Waals surface area (Å²) in [6.45, 7) is 12.1. The number of carbonyl (C=O) groups is 1. The van der Waals surface area contributed by atoms with Gasteiger partial charge in [0.1, 0.15) is 0 Å². The van der Waals surface area contributed by atoms with Gasteiger partial charge in [0.2, 0.25) is 5.91 Å². The van der Waals surface area contributed by atoms with E-state index >= 15 is 0 Å². The fourth-order valence-corrected chi connectivity index (χ4v) is 0.928. The van der Waals surface area contributed by atoms with Gasteiger partial charge in [-0.05, 0) is 24.9 Å². The average molecular weight is 214 g/mol. The van der Waals surface area contributed by atoms with Gasteiger partial charge in [0, 0.05) is 6.54 Å². The van der Waals surface area contributed by atoms with Crippen molar-refractivity contribution in [1.29, 1.82) is 0 Å². The first kappa shape index (κ1) is 14.4. The smallest absolute Gasteiger partial charge is 0.234 e. The number of rotatable bonds is 4. The lowest BCUT2D eigenvalue weighted by molar-refractivity contribution is -0.122. The van der Waals surface area contributed by atoms with Gasteiger partial charge in [-0.2, -0.15) is 0 Å². The van der Waals surface area contributed by atoms with Crippen molar-refractivity contribution in [3.8, 4) is 0 Å². The van der Waals surface area contributed by atoms with Gasteiger partial charge in [-0.25, -0.2) is 0 Å². The van der Waals surface area contributed by atoms with E-state index in [0.29, 0.717) is 6.54 Å². The molecule has 0 unspecified atom stereocenters. The van der Waals surface area contributed by atoms with Gasteiger partial charge in [-0.1, -0.05) is 34.6 Å². The zero-order valence-corrected chi connectivity index (χ0v) is 11.3. The Morgan fingerprint density at radius 3 is 1.93 bits per heavy atom. The molecule has 0 radical (unpaired) electrons. The second-order valence-electron chi connectivity index (χ2n) is 6.15. The molecule has 0 aromatic carbocycles. The van der Waals surface area contributed by atoms with Crippen LogP contribution < -0.4 is 5.32 Å². The first-order valence-electron chi connectivity index (χ1n) is 5.48. The normalized spacial score (nSPS) is 13.1. The summed E-state index contributed by atoms with van der Waals surface area (Å²) in [6, 6.07) is 0. The van der Waals surface area contributed by atoms with Crippen LogP contribution in [-0.2, 0) is 4.79 Å². The molecule has 0 saturated carbocycles. The number of carbonyl (C=O) groups excluding carboxylic acids is 1. The van der Waals surface area contributed by atoms with Crippen LogP contribution in [0.5, 0.6) is 0 Å². The van der Waals surface area contributed by atoms with E-state index in [9.17, 15) is 4.79 Å². The highest BCUT2D eigenvalue weighted by molar-refractivity contribution is 5.77. The van der Waals surface area contributed by atoms with Crippen LogP contribution in [0.15, 0.2) is 0 Å². The standard InChI is InChI=1S/C12H26N2O/c1-11(2,3)12(4,5)9-13-10(15)8-14(6)7/h8-9H2,1-7H3,(H,13,15). The molecule has 0 saturated heterocycles. The molecule has 0 heterocycles. The van der Waals surface area contributed by atoms with Crippen molar-refractivity contribution >= 4 is 5.91 Å². The molecule has 3 heteroatoms. The molecule has 0 rings (SSSR count). The van der Waals surface area contributed by atoms with Crippen molar-refractivity contribution in [3.63, 3.8) is 0 Å². The Kier molecular flexibility index (Phi) is 4.78. The lowest BCUT2D eigenvalue weighted by Gasteiger charge is -2.39. The minimum atomic E-state index is 0.0947. The first-order chi connectivity index (χ1) is 6.56. The quantitative estimate of drug-likeness (QED) is 0.773. The summed E-state index contributed by atoms with van der Waals surface area (Å²) in [7, 11) is 3.79. The highest BCUT2D eigenvalue weighted by Crippen LogP contribution is 2.36. The Morgan fingerprint density at radius 2 is 1.60 bits per heavy atom. The summed E-state index contributed by atoms with van der Waals surface area (Å²) in [5, 5.41) is 2.98. The van der Waals surface area contributed by atoms with Crippen LogP contribution >= 0.6 is 0 Å². The monoisotopic (exact) mass is 214 g/mol. The second kappa shape index (κ2) is 4.97. The van der Waals surface area contributed by atoms with Gasteiger partial charge in [-0.3, -0.25) is 4.79 Å². The van der Waals surface area contributed by atoms with Crippen LogP contribution in [0.3, 0.4) is 0 Å². The van der Waals surface area contributed by atoms with Gasteiger partial charge >= 0.3 is 0 Å². The Balaban J connectivity index is 4.10. The van der Waals surface area contributed by atoms with E-state index in [1.807, 2.05) is 19.0 Å². The Labute approximate surface area is 94.2 Å². The summed E-state index contributed by atoms with van der Waals surface area (Å²) in [5.41, 5.74) is 0.299. The molecular formula is C12H26N2O. The Morgan fingerprint density at radius 1 is 1.13 bits per heavy atom. The highest BCUT2D eigenvalue weighted by Gasteiger charge is 2.32. The van der Waals surface area contributed by atoms with Crippen LogP contribution in [0.4, 0.5) is 0 Å². The van der Waals surface area contributed by atoms with Crippen LogP contribution in [0.1, 0.15) is 34.6 Å². The SMILES string of the molecule is CN(C)CC(=O)NCC(C)(C)C(C)(C)C. The maximum atomic E-state index is 11.5. The van der Waals surface area contributed by atoms with E-state index in [-0.39, 0.29) is 16.7 Å². The van der Waals surface area contributed by atoms with Crippen LogP contribution in [0, 0.1) is 10.8 Å². The van der Waals surface area contributed by atoms with Crippen molar-refractivity contribution in [3.05, 3.63) is 0 Å². The highest BCUT2D eigenvalue weighted by atomic mass is 16.2. The molecule has 0 aliphatic rings. The number of nitrogens with zero attached hydrogens (tertiary/aromatic N) is 1. The van der Waals surface area contributed by atoms with Gasteiger partial charge in [0.05, 0.1) is 6.54 Å². The maximum absolute atomic E-state index is 11.5. The molecule has 0 bridgehead atoms. The molecule has 1 N–H and O–H groups in total. The average Bonchev–Trinajstić information content (AvgIpc) is 1.97. The summed E-state index contributed by atoms with van der Waals surface area (Å²) >= 11 is 0. The molecule has 0 aliphatic heterocycles. The lowest BCUT2D eigenvalue weighted by atomic mass is 9.69. The van der Waals surface area contributed by atoms with Crippen molar-refractivity contribution in [2.75, 3.05) is 27.2 Å². The molecule has 0 aromatic heterocycles. The number of hydrogen-bond donors (Lipinski definition) is 1. The predicted octanol–water partition coefficient (Wildman–Crippen LogP) is 1.74. The molecule has 1 amide bonds. The molecule has 0 fully saturated rings. The van der Waals surface area contributed by atoms with Crippen molar-refractivity contribution in [1.82, 2.24) is 10.2 Å². The fourth-order valence-electron chi connectivity index (χ4n) is 0.928. The van der Waals surface area contributed by atoms with E-state index in [2.05, 4.69) is 39.9 Å². The largest absolute Gasteiger partial charge is 0.354 e. The Bertz CT molecular complexity index is 214. The molecule has 0 aliphatic carbocycles. The fraction of sp³-hybridized carbons (Fsp3) is 0.917. The zero-order chi connectivity index (χ0) is 12.3. The number of likely N-dealkylation sites (N-methyl/N-ethyl adjacent to an activating group) is 1. The van der Waals surface area contributed by atoms with E-state index in [1.54, 1.807) is 0 Å². The van der Waals surface area contributed by atoms with Crippen LogP contribution in [0.25, 0.3) is 0 Å². The molecular weight excluding hydrogens is 188 g/mol. The summed E-state index contributed by atoms with van der Waals surface area (Å²) < 4.78 is 0. The van der Waals surface area contributed by atoms with Gasteiger partial charge in [0.25, 0.3) is 0 Å². The van der Waals surface area contributed by atoms with Gasteiger partial charge < -0.3 is 10.2 Å². The minimum absolute atomic E-state index is 0.0947. The molecule has 0 aromatic rings.